The second kappa shape index (κ2) is 11.4. The molecule has 0 spiro atoms. The summed E-state index contributed by atoms with van der Waals surface area (Å²) in [6, 6.07) is 9.49. The average Bonchev–Trinajstić information content (AvgIpc) is 2.76. The smallest absolute Gasteiger partial charge is 0.410 e. The van der Waals surface area contributed by atoms with Gasteiger partial charge in [-0.3, -0.25) is 14.9 Å². The molecule has 0 fully saturated rings. The molecule has 0 saturated heterocycles. The number of hydrogen-bond donors (Lipinski definition) is 1. The maximum atomic E-state index is 12.8. The summed E-state index contributed by atoms with van der Waals surface area (Å²) in [4.78, 5) is 37.2. The Morgan fingerprint density at radius 1 is 1.12 bits per heavy atom. The number of methoxy groups -OCH3 is 1. The number of nitro groups is 1. The minimum absolute atomic E-state index is 0.141. The van der Waals surface area contributed by atoms with Gasteiger partial charge in [0.05, 0.1) is 24.7 Å². The van der Waals surface area contributed by atoms with Gasteiger partial charge in [-0.05, 0) is 51.8 Å². The molecular weight excluding hydrogens is 442 g/mol. The van der Waals surface area contributed by atoms with E-state index in [-0.39, 0.29) is 22.7 Å². The van der Waals surface area contributed by atoms with Crippen LogP contribution in [0.15, 0.2) is 36.4 Å². The molecule has 2 aromatic rings. The van der Waals surface area contributed by atoms with Crippen molar-refractivity contribution < 1.29 is 28.7 Å². The molecule has 2 rings (SSSR count). The fourth-order valence-electron chi connectivity index (χ4n) is 2.99. The number of amides is 2. The minimum Gasteiger partial charge on any atom is -0.493 e. The van der Waals surface area contributed by atoms with Crippen molar-refractivity contribution in [1.82, 2.24) is 4.90 Å². The lowest BCUT2D eigenvalue weighted by atomic mass is 10.1. The highest BCUT2D eigenvalue weighted by molar-refractivity contribution is 6.07. The van der Waals surface area contributed by atoms with Crippen molar-refractivity contribution in [2.24, 2.45) is 0 Å². The van der Waals surface area contributed by atoms with Crippen molar-refractivity contribution in [3.63, 3.8) is 0 Å². The predicted octanol–water partition coefficient (Wildman–Crippen LogP) is 4.66. The standard InChI is InChI=1S/C24H31N3O7/c1-7-33-21-14-18(19(27(30)31)15-20(21)32-6)22(28)25-17-10-8-16(9-11-17)12-13-26(5)23(29)34-24(2,3)4/h8-11,14-15H,7,12-13H2,1-6H3,(H,25,28). The van der Waals surface area contributed by atoms with Gasteiger partial charge >= 0.3 is 6.09 Å². The Kier molecular flexibility index (Phi) is 8.83. The second-order valence-electron chi connectivity index (χ2n) is 8.51. The highest BCUT2D eigenvalue weighted by Gasteiger charge is 2.25. The number of rotatable bonds is 9. The summed E-state index contributed by atoms with van der Waals surface area (Å²) in [6.07, 6.45) is 0.190. The Morgan fingerprint density at radius 2 is 1.76 bits per heavy atom. The second-order valence-corrected chi connectivity index (χ2v) is 8.51. The largest absolute Gasteiger partial charge is 0.493 e. The van der Waals surface area contributed by atoms with E-state index in [1.807, 2.05) is 32.9 Å². The van der Waals surface area contributed by atoms with Gasteiger partial charge in [-0.15, -0.1) is 0 Å². The first-order chi connectivity index (χ1) is 15.9. The van der Waals surface area contributed by atoms with Gasteiger partial charge in [0.1, 0.15) is 11.2 Å². The lowest BCUT2D eigenvalue weighted by Gasteiger charge is -2.24. The number of ether oxygens (including phenoxy) is 3. The van der Waals surface area contributed by atoms with Crippen LogP contribution < -0.4 is 14.8 Å². The summed E-state index contributed by atoms with van der Waals surface area (Å²) in [5.74, 6) is -0.233. The Labute approximate surface area is 198 Å². The summed E-state index contributed by atoms with van der Waals surface area (Å²) in [5, 5.41) is 14.2. The number of carbonyl (C=O) groups excluding carboxylic acids is 2. The van der Waals surface area contributed by atoms with Gasteiger partial charge in [0.2, 0.25) is 0 Å². The van der Waals surface area contributed by atoms with E-state index in [0.29, 0.717) is 25.3 Å². The van der Waals surface area contributed by atoms with Crippen LogP contribution in [0.1, 0.15) is 43.6 Å². The molecule has 10 heteroatoms. The lowest BCUT2D eigenvalue weighted by molar-refractivity contribution is -0.385. The van der Waals surface area contributed by atoms with Crippen molar-refractivity contribution >= 4 is 23.4 Å². The summed E-state index contributed by atoms with van der Waals surface area (Å²) < 4.78 is 15.9. The Hall–Kier alpha value is -3.82. The van der Waals surface area contributed by atoms with Crippen molar-refractivity contribution in [2.75, 3.05) is 32.6 Å². The van der Waals surface area contributed by atoms with Gasteiger partial charge < -0.3 is 24.4 Å². The number of benzene rings is 2. The highest BCUT2D eigenvalue weighted by atomic mass is 16.6. The molecule has 0 aliphatic heterocycles. The molecule has 2 aromatic carbocycles. The van der Waals surface area contributed by atoms with E-state index in [0.717, 1.165) is 5.56 Å². The molecule has 0 saturated carbocycles. The molecular formula is C24H31N3O7. The molecule has 2 amide bonds. The fraction of sp³-hybridized carbons (Fsp3) is 0.417. The van der Waals surface area contributed by atoms with Crippen LogP contribution in [0.4, 0.5) is 16.2 Å². The Bertz CT molecular complexity index is 1030. The zero-order valence-corrected chi connectivity index (χ0v) is 20.3. The zero-order chi connectivity index (χ0) is 25.5. The van der Waals surface area contributed by atoms with Crippen LogP contribution in [0.25, 0.3) is 0 Å². The molecule has 0 aromatic heterocycles. The van der Waals surface area contributed by atoms with E-state index in [4.69, 9.17) is 14.2 Å². The highest BCUT2D eigenvalue weighted by Crippen LogP contribution is 2.35. The van der Waals surface area contributed by atoms with Crippen LogP contribution in [-0.4, -0.2) is 54.7 Å². The first-order valence-electron chi connectivity index (χ1n) is 10.8. The number of likely N-dealkylation sites (N-methyl/N-ethyl adjacent to an activating group) is 1. The van der Waals surface area contributed by atoms with Gasteiger partial charge in [-0.2, -0.15) is 0 Å². The van der Waals surface area contributed by atoms with Crippen LogP contribution in [0, 0.1) is 10.1 Å². The number of carbonyl (C=O) groups is 2. The summed E-state index contributed by atoms with van der Waals surface area (Å²) in [5.41, 5.74) is 0.324. The normalized spacial score (nSPS) is 10.9. The topological polar surface area (TPSA) is 120 Å². The Balaban J connectivity index is 2.09. The minimum atomic E-state index is -0.646. The molecule has 0 aliphatic rings. The quantitative estimate of drug-likeness (QED) is 0.415. The lowest BCUT2D eigenvalue weighted by Crippen LogP contribution is -2.35. The van der Waals surface area contributed by atoms with Crippen molar-refractivity contribution in [1.29, 1.82) is 0 Å². The predicted molar refractivity (Wildman–Crippen MR) is 128 cm³/mol. The number of nitrogens with zero attached hydrogens (tertiary/aromatic N) is 2. The molecule has 0 bridgehead atoms. The zero-order valence-electron chi connectivity index (χ0n) is 20.3. The molecule has 10 nitrogen and oxygen atoms in total. The van der Waals surface area contributed by atoms with E-state index in [2.05, 4.69) is 5.32 Å². The van der Waals surface area contributed by atoms with Crippen LogP contribution >= 0.6 is 0 Å². The van der Waals surface area contributed by atoms with E-state index in [9.17, 15) is 19.7 Å². The number of anilines is 1. The van der Waals surface area contributed by atoms with Gasteiger partial charge in [-0.1, -0.05) is 12.1 Å². The van der Waals surface area contributed by atoms with E-state index in [1.165, 1.54) is 24.1 Å². The van der Waals surface area contributed by atoms with Crippen LogP contribution in [0.3, 0.4) is 0 Å². The van der Waals surface area contributed by atoms with Crippen molar-refractivity contribution in [3.8, 4) is 11.5 Å². The van der Waals surface area contributed by atoms with E-state index >= 15 is 0 Å². The maximum absolute atomic E-state index is 12.8. The average molecular weight is 474 g/mol. The third kappa shape index (κ3) is 7.36. The molecule has 0 unspecified atom stereocenters. The molecule has 0 aliphatic carbocycles. The van der Waals surface area contributed by atoms with Gasteiger partial charge in [0, 0.05) is 25.3 Å². The number of hydrogen-bond acceptors (Lipinski definition) is 7. The molecule has 0 atom stereocenters. The first kappa shape index (κ1) is 26.4. The molecule has 0 radical (unpaired) electrons. The summed E-state index contributed by atoms with van der Waals surface area (Å²) >= 11 is 0. The fourth-order valence-corrected chi connectivity index (χ4v) is 2.99. The van der Waals surface area contributed by atoms with Gasteiger partial charge in [0.15, 0.2) is 11.5 Å². The monoisotopic (exact) mass is 473 g/mol. The third-order valence-electron chi connectivity index (χ3n) is 4.68. The van der Waals surface area contributed by atoms with E-state index in [1.54, 1.807) is 26.1 Å². The summed E-state index contributed by atoms with van der Waals surface area (Å²) in [6.45, 7) is 7.95. The van der Waals surface area contributed by atoms with E-state index < -0.39 is 22.5 Å². The van der Waals surface area contributed by atoms with Crippen LogP contribution in [0.2, 0.25) is 0 Å². The summed E-state index contributed by atoms with van der Waals surface area (Å²) in [7, 11) is 3.04. The third-order valence-corrected chi connectivity index (χ3v) is 4.68. The van der Waals surface area contributed by atoms with Gasteiger partial charge in [-0.25, -0.2) is 4.79 Å². The maximum Gasteiger partial charge on any atom is 0.410 e. The number of nitrogens with one attached hydrogen (secondary N) is 1. The van der Waals surface area contributed by atoms with Crippen LogP contribution in [-0.2, 0) is 11.2 Å². The Morgan fingerprint density at radius 3 is 2.29 bits per heavy atom. The van der Waals surface area contributed by atoms with Gasteiger partial charge in [0.25, 0.3) is 11.6 Å². The van der Waals surface area contributed by atoms with Crippen molar-refractivity contribution in [3.05, 3.63) is 57.6 Å². The molecule has 1 N–H and O–H groups in total. The first-order valence-corrected chi connectivity index (χ1v) is 10.8. The number of nitro benzene ring substituents is 1. The van der Waals surface area contributed by atoms with Crippen molar-refractivity contribution in [2.45, 2.75) is 39.7 Å². The molecule has 34 heavy (non-hydrogen) atoms. The SMILES string of the molecule is CCOc1cc(C(=O)Nc2ccc(CCN(C)C(=O)OC(C)(C)C)cc2)c([N+](=O)[O-])cc1OC. The molecule has 0 heterocycles. The van der Waals surface area contributed by atoms with Crippen LogP contribution in [0.5, 0.6) is 11.5 Å². The molecule has 184 valence electrons.